The Balaban J connectivity index is 1.70. The van der Waals surface area contributed by atoms with E-state index in [1.807, 2.05) is 54.6 Å². The second-order valence-corrected chi connectivity index (χ2v) is 6.99. The molecule has 1 aliphatic heterocycles. The summed E-state index contributed by atoms with van der Waals surface area (Å²) in [7, 11) is 0. The van der Waals surface area contributed by atoms with E-state index in [1.165, 1.54) is 5.06 Å². The fraction of sp³-hybridized carbons (Fsp3) is 0.0952. The Hall–Kier alpha value is -2.33. The highest BCUT2D eigenvalue weighted by Crippen LogP contribution is 2.44. The Morgan fingerprint density at radius 3 is 1.73 bits per heavy atom. The summed E-state index contributed by atoms with van der Waals surface area (Å²) in [5.41, 5.74) is 1.29. The van der Waals surface area contributed by atoms with Crippen LogP contribution < -0.4 is 0 Å². The van der Waals surface area contributed by atoms with Crippen molar-refractivity contribution in [3.8, 4) is 0 Å². The van der Waals surface area contributed by atoms with Crippen molar-refractivity contribution in [1.82, 2.24) is 5.06 Å². The van der Waals surface area contributed by atoms with E-state index >= 15 is 0 Å². The van der Waals surface area contributed by atoms with Gasteiger partial charge in [0.15, 0.2) is 0 Å². The van der Waals surface area contributed by atoms with Crippen LogP contribution in [-0.4, -0.2) is 11.0 Å². The molecule has 1 saturated heterocycles. The lowest BCUT2D eigenvalue weighted by atomic mass is 9.83. The minimum absolute atomic E-state index is 0.119. The van der Waals surface area contributed by atoms with Gasteiger partial charge >= 0.3 is 0 Å². The van der Waals surface area contributed by atoms with Crippen LogP contribution in [0.3, 0.4) is 0 Å². The van der Waals surface area contributed by atoms with Crippen molar-refractivity contribution in [1.29, 1.82) is 0 Å². The molecule has 1 aliphatic rings. The molecule has 0 saturated carbocycles. The van der Waals surface area contributed by atoms with E-state index in [1.54, 1.807) is 24.3 Å². The van der Waals surface area contributed by atoms with Crippen LogP contribution in [0.5, 0.6) is 0 Å². The fourth-order valence-corrected chi connectivity index (χ4v) is 3.38. The number of carbonyl (C=O) groups is 1. The smallest absolute Gasteiger partial charge is 0.268 e. The highest BCUT2D eigenvalue weighted by molar-refractivity contribution is 6.30. The molecule has 1 amide bonds. The molecule has 0 atom stereocenters. The first-order chi connectivity index (χ1) is 12.6. The van der Waals surface area contributed by atoms with Crippen molar-refractivity contribution in [3.05, 3.63) is 106 Å². The number of amides is 1. The number of rotatable bonds is 4. The highest BCUT2D eigenvalue weighted by Gasteiger charge is 2.57. The van der Waals surface area contributed by atoms with E-state index in [4.69, 9.17) is 28.0 Å². The molecule has 3 aromatic rings. The highest BCUT2D eigenvalue weighted by atomic mass is 35.5. The number of hydrogen-bond acceptors (Lipinski definition) is 2. The fourth-order valence-electron chi connectivity index (χ4n) is 3.12. The van der Waals surface area contributed by atoms with Crippen molar-refractivity contribution >= 4 is 29.1 Å². The van der Waals surface area contributed by atoms with Gasteiger partial charge in [0, 0.05) is 21.2 Å². The van der Waals surface area contributed by atoms with Crippen molar-refractivity contribution in [2.24, 2.45) is 0 Å². The van der Waals surface area contributed by atoms with E-state index in [9.17, 15) is 4.79 Å². The first-order valence-corrected chi connectivity index (χ1v) is 8.92. The van der Waals surface area contributed by atoms with Crippen molar-refractivity contribution in [3.63, 3.8) is 0 Å². The third-order valence-corrected chi connectivity index (χ3v) is 4.95. The minimum Gasteiger partial charge on any atom is -0.268 e. The molecular formula is C21H15Cl2NO2. The lowest BCUT2D eigenvalue weighted by Gasteiger charge is -2.48. The summed E-state index contributed by atoms with van der Waals surface area (Å²) in [6.07, 6.45) is 0. The summed E-state index contributed by atoms with van der Waals surface area (Å²) in [6.45, 7) is 0.391. The zero-order valence-corrected chi connectivity index (χ0v) is 15.2. The number of hydrogen-bond donors (Lipinski definition) is 0. The Morgan fingerprint density at radius 2 is 1.27 bits per heavy atom. The quantitative estimate of drug-likeness (QED) is 0.618. The van der Waals surface area contributed by atoms with Crippen molar-refractivity contribution in [2.75, 3.05) is 0 Å². The second-order valence-electron chi connectivity index (χ2n) is 6.11. The molecule has 1 heterocycles. The first kappa shape index (κ1) is 17.1. The van der Waals surface area contributed by atoms with Gasteiger partial charge in [-0.15, -0.1) is 0 Å². The van der Waals surface area contributed by atoms with E-state index < -0.39 is 5.60 Å². The molecule has 1 fully saturated rings. The summed E-state index contributed by atoms with van der Waals surface area (Å²) in [6, 6.07) is 24.0. The van der Waals surface area contributed by atoms with Crippen molar-refractivity contribution in [2.45, 2.75) is 12.1 Å². The molecule has 130 valence electrons. The van der Waals surface area contributed by atoms with E-state index in [0.717, 1.165) is 16.7 Å². The predicted molar refractivity (Wildman–Crippen MR) is 102 cm³/mol. The van der Waals surface area contributed by atoms with E-state index in [0.29, 0.717) is 16.6 Å². The van der Waals surface area contributed by atoms with Gasteiger partial charge in [-0.3, -0.25) is 4.79 Å². The van der Waals surface area contributed by atoms with Crippen LogP contribution in [0.4, 0.5) is 0 Å². The summed E-state index contributed by atoms with van der Waals surface area (Å²) in [5.74, 6) is -0.119. The molecule has 0 radical (unpaired) electrons. The number of hydroxylamine groups is 2. The Bertz CT molecular complexity index is 879. The van der Waals surface area contributed by atoms with Gasteiger partial charge < -0.3 is 0 Å². The lowest BCUT2D eigenvalue weighted by Crippen LogP contribution is -2.62. The van der Waals surface area contributed by atoms with Crippen LogP contribution in [0.1, 0.15) is 16.7 Å². The van der Waals surface area contributed by atoms with Crippen LogP contribution in [0, 0.1) is 0 Å². The van der Waals surface area contributed by atoms with Gasteiger partial charge in [0.1, 0.15) is 0 Å². The van der Waals surface area contributed by atoms with Crippen LogP contribution in [-0.2, 0) is 21.8 Å². The molecule has 0 unspecified atom stereocenters. The van der Waals surface area contributed by atoms with Gasteiger partial charge in [0.05, 0.1) is 6.54 Å². The number of carbonyl (C=O) groups excluding carboxylic acids is 1. The van der Waals surface area contributed by atoms with Crippen LogP contribution >= 0.6 is 23.2 Å². The zero-order chi connectivity index (χ0) is 18.1. The standard InChI is InChI=1S/C21H15Cl2NO2/c22-18-10-6-16(7-11-18)21(17-8-12-19(23)13-9-17)20(25)24(26-21)14-15-4-2-1-3-5-15/h1-13H,14H2. The topological polar surface area (TPSA) is 29.5 Å². The largest absolute Gasteiger partial charge is 0.290 e. The number of halogens is 2. The molecule has 3 nitrogen and oxygen atoms in total. The summed E-state index contributed by atoms with van der Waals surface area (Å²) in [4.78, 5) is 19.3. The molecule has 0 N–H and O–H groups in total. The summed E-state index contributed by atoms with van der Waals surface area (Å²) >= 11 is 12.0. The maximum Gasteiger partial charge on any atom is 0.290 e. The average Bonchev–Trinajstić information content (AvgIpc) is 2.67. The van der Waals surface area contributed by atoms with Gasteiger partial charge in [-0.1, -0.05) is 77.8 Å². The predicted octanol–water partition coefficient (Wildman–Crippen LogP) is 5.21. The molecule has 4 rings (SSSR count). The summed E-state index contributed by atoms with van der Waals surface area (Å²) < 4.78 is 0. The SMILES string of the molecule is O=C1N(Cc2ccccc2)OC1(c1ccc(Cl)cc1)c1ccc(Cl)cc1. The molecule has 3 aromatic carbocycles. The molecule has 0 aromatic heterocycles. The van der Waals surface area contributed by atoms with E-state index in [-0.39, 0.29) is 5.91 Å². The average molecular weight is 384 g/mol. The third kappa shape index (κ3) is 2.88. The third-order valence-electron chi connectivity index (χ3n) is 4.45. The number of benzene rings is 3. The number of nitrogens with zero attached hydrogens (tertiary/aromatic N) is 1. The van der Waals surface area contributed by atoms with Crippen LogP contribution in [0.25, 0.3) is 0 Å². The van der Waals surface area contributed by atoms with Gasteiger partial charge in [-0.25, -0.2) is 9.90 Å². The minimum atomic E-state index is -1.18. The van der Waals surface area contributed by atoms with Gasteiger partial charge in [-0.05, 0) is 29.8 Å². The second kappa shape index (κ2) is 6.76. The molecule has 0 aliphatic carbocycles. The molecular weight excluding hydrogens is 369 g/mol. The normalized spacial score (nSPS) is 15.6. The van der Waals surface area contributed by atoms with Crippen molar-refractivity contribution < 1.29 is 9.63 Å². The maximum atomic E-state index is 13.2. The monoisotopic (exact) mass is 383 g/mol. The van der Waals surface area contributed by atoms with Gasteiger partial charge in [0.2, 0.25) is 5.60 Å². The summed E-state index contributed by atoms with van der Waals surface area (Å²) in [5, 5.41) is 2.60. The van der Waals surface area contributed by atoms with E-state index in [2.05, 4.69) is 0 Å². The van der Waals surface area contributed by atoms with Crippen LogP contribution in [0.15, 0.2) is 78.9 Å². The Morgan fingerprint density at radius 1 is 0.769 bits per heavy atom. The molecule has 26 heavy (non-hydrogen) atoms. The zero-order valence-electron chi connectivity index (χ0n) is 13.7. The maximum absolute atomic E-state index is 13.2. The van der Waals surface area contributed by atoms with Gasteiger partial charge in [-0.2, -0.15) is 0 Å². The van der Waals surface area contributed by atoms with Gasteiger partial charge in [0.25, 0.3) is 5.91 Å². The lowest BCUT2D eigenvalue weighted by molar-refractivity contribution is -0.304. The molecule has 0 bridgehead atoms. The first-order valence-electron chi connectivity index (χ1n) is 8.17. The Kier molecular flexibility index (Phi) is 4.45. The Labute approximate surface area is 161 Å². The molecule has 5 heteroatoms. The molecule has 0 spiro atoms. The van der Waals surface area contributed by atoms with Crippen LogP contribution in [0.2, 0.25) is 10.0 Å².